The Balaban J connectivity index is 2.06. The topological polar surface area (TPSA) is 122 Å². The van der Waals surface area contributed by atoms with Crippen LogP contribution in [0.4, 0.5) is 5.69 Å². The van der Waals surface area contributed by atoms with Crippen LogP contribution in [-0.4, -0.2) is 49.8 Å². The number of nitrogens with zero attached hydrogens (tertiary/aromatic N) is 4. The smallest absolute Gasteiger partial charge is 0.313 e. The van der Waals surface area contributed by atoms with Gasteiger partial charge in [0.05, 0.1) is 11.8 Å². The van der Waals surface area contributed by atoms with Gasteiger partial charge in [0.25, 0.3) is 0 Å². The van der Waals surface area contributed by atoms with Crippen molar-refractivity contribution in [3.05, 3.63) is 30.1 Å². The molecule has 0 unspecified atom stereocenters. The van der Waals surface area contributed by atoms with Crippen molar-refractivity contribution in [1.29, 1.82) is 0 Å². The predicted molar refractivity (Wildman–Crippen MR) is 77.2 cm³/mol. The molecule has 0 aliphatic rings. The molecule has 3 N–H and O–H groups in total. The van der Waals surface area contributed by atoms with Crippen LogP contribution in [0.1, 0.15) is 12.7 Å². The maximum absolute atomic E-state index is 11.7. The van der Waals surface area contributed by atoms with E-state index in [0.717, 1.165) is 0 Å². The highest BCUT2D eigenvalue weighted by Gasteiger charge is 2.14. The number of aliphatic hydroxyl groups is 1. The van der Waals surface area contributed by atoms with Crippen LogP contribution in [0.25, 0.3) is 5.69 Å². The molecule has 0 radical (unpaired) electrons. The number of aliphatic hydroxyl groups excluding tert-OH is 1. The maximum atomic E-state index is 11.7. The van der Waals surface area contributed by atoms with Gasteiger partial charge in [-0.1, -0.05) is 6.07 Å². The van der Waals surface area contributed by atoms with Crippen molar-refractivity contribution < 1.29 is 14.7 Å². The Hall–Kier alpha value is -2.81. The highest BCUT2D eigenvalue weighted by atomic mass is 16.3. The van der Waals surface area contributed by atoms with Crippen LogP contribution in [0, 0.1) is 6.92 Å². The van der Waals surface area contributed by atoms with Crippen molar-refractivity contribution in [2.45, 2.75) is 20.0 Å². The number of carbonyl (C=O) groups is 2. The average Bonchev–Trinajstić information content (AvgIpc) is 2.91. The lowest BCUT2D eigenvalue weighted by Gasteiger charge is -2.09. The Bertz CT molecular complexity index is 682. The number of aryl methyl sites for hydroxylation is 1. The van der Waals surface area contributed by atoms with Crippen LogP contribution in [0.15, 0.2) is 24.3 Å². The molecule has 1 aromatic carbocycles. The summed E-state index contributed by atoms with van der Waals surface area (Å²) >= 11 is 0. The molecule has 2 amide bonds. The minimum atomic E-state index is -0.815. The second-order valence-electron chi connectivity index (χ2n) is 4.70. The molecule has 1 aromatic heterocycles. The van der Waals surface area contributed by atoms with Crippen molar-refractivity contribution in [2.75, 3.05) is 11.9 Å². The summed E-state index contributed by atoms with van der Waals surface area (Å²) in [6.07, 6.45) is -0.720. The van der Waals surface area contributed by atoms with Crippen LogP contribution >= 0.6 is 0 Å². The maximum Gasteiger partial charge on any atom is 0.313 e. The zero-order chi connectivity index (χ0) is 16.1. The molecule has 9 heteroatoms. The van der Waals surface area contributed by atoms with Crippen LogP contribution in [-0.2, 0) is 9.59 Å². The third-order valence-corrected chi connectivity index (χ3v) is 2.74. The monoisotopic (exact) mass is 304 g/mol. The van der Waals surface area contributed by atoms with Crippen LogP contribution < -0.4 is 10.6 Å². The number of nitrogens with one attached hydrogen (secondary N) is 2. The lowest BCUT2D eigenvalue weighted by Crippen LogP contribution is -2.38. The molecular formula is C13H16N6O3. The van der Waals surface area contributed by atoms with Gasteiger partial charge >= 0.3 is 11.8 Å². The molecule has 0 saturated carbocycles. The van der Waals surface area contributed by atoms with E-state index in [2.05, 4.69) is 26.2 Å². The first-order valence-electron chi connectivity index (χ1n) is 6.60. The molecule has 0 saturated heterocycles. The van der Waals surface area contributed by atoms with Crippen molar-refractivity contribution in [3.63, 3.8) is 0 Å². The van der Waals surface area contributed by atoms with E-state index in [4.69, 9.17) is 5.11 Å². The van der Waals surface area contributed by atoms with Gasteiger partial charge in [0, 0.05) is 12.2 Å². The number of anilines is 1. The van der Waals surface area contributed by atoms with Gasteiger partial charge in [0.2, 0.25) is 0 Å². The fraction of sp³-hybridized carbons (Fsp3) is 0.308. The summed E-state index contributed by atoms with van der Waals surface area (Å²) in [6, 6.07) is 6.76. The summed E-state index contributed by atoms with van der Waals surface area (Å²) in [5.41, 5.74) is 1.09. The third-order valence-electron chi connectivity index (χ3n) is 2.74. The SMILES string of the molecule is Cc1nnnn1-c1cccc(NC(=O)C(=O)NC[C@@H](C)O)c1. The summed E-state index contributed by atoms with van der Waals surface area (Å²) in [5, 5.41) is 25.0. The number of aromatic nitrogens is 4. The first-order valence-corrected chi connectivity index (χ1v) is 6.60. The zero-order valence-corrected chi connectivity index (χ0v) is 12.1. The number of hydrogen-bond donors (Lipinski definition) is 3. The van der Waals surface area contributed by atoms with Gasteiger partial charge < -0.3 is 15.7 Å². The third kappa shape index (κ3) is 3.85. The number of rotatable bonds is 4. The van der Waals surface area contributed by atoms with Gasteiger partial charge in [-0.3, -0.25) is 9.59 Å². The van der Waals surface area contributed by atoms with E-state index >= 15 is 0 Å². The molecule has 2 aromatic rings. The number of carbonyl (C=O) groups excluding carboxylic acids is 2. The van der Waals surface area contributed by atoms with Crippen molar-refractivity contribution >= 4 is 17.5 Å². The molecular weight excluding hydrogens is 288 g/mol. The van der Waals surface area contributed by atoms with Gasteiger partial charge in [0.15, 0.2) is 5.82 Å². The summed E-state index contributed by atoms with van der Waals surface area (Å²) < 4.78 is 1.50. The molecule has 0 fully saturated rings. The van der Waals surface area contributed by atoms with E-state index < -0.39 is 17.9 Å². The molecule has 0 aliphatic carbocycles. The van der Waals surface area contributed by atoms with E-state index in [1.165, 1.54) is 11.6 Å². The summed E-state index contributed by atoms with van der Waals surface area (Å²) in [6.45, 7) is 3.26. The van der Waals surface area contributed by atoms with Gasteiger partial charge in [-0.2, -0.15) is 4.68 Å². The Morgan fingerprint density at radius 3 is 2.77 bits per heavy atom. The first-order chi connectivity index (χ1) is 10.5. The summed E-state index contributed by atoms with van der Waals surface area (Å²) in [5.74, 6) is -1.03. The zero-order valence-electron chi connectivity index (χ0n) is 12.1. The van der Waals surface area contributed by atoms with Gasteiger partial charge in [0.1, 0.15) is 0 Å². The molecule has 0 bridgehead atoms. The normalized spacial score (nSPS) is 11.8. The van der Waals surface area contributed by atoms with Crippen LogP contribution in [0.2, 0.25) is 0 Å². The first kappa shape index (κ1) is 15.6. The fourth-order valence-corrected chi connectivity index (χ4v) is 1.69. The fourth-order valence-electron chi connectivity index (χ4n) is 1.69. The number of tetrazole rings is 1. The highest BCUT2D eigenvalue weighted by Crippen LogP contribution is 2.14. The van der Waals surface area contributed by atoms with E-state index in [9.17, 15) is 9.59 Å². The molecule has 1 atom stereocenters. The predicted octanol–water partition coefficient (Wildman–Crippen LogP) is -0.594. The minimum absolute atomic E-state index is 0.0100. The second kappa shape index (κ2) is 6.76. The molecule has 22 heavy (non-hydrogen) atoms. The number of hydrogen-bond acceptors (Lipinski definition) is 6. The van der Waals surface area contributed by atoms with Crippen molar-refractivity contribution in [1.82, 2.24) is 25.5 Å². The number of amides is 2. The minimum Gasteiger partial charge on any atom is -0.392 e. The molecule has 2 rings (SSSR count). The lowest BCUT2D eigenvalue weighted by atomic mass is 10.2. The van der Waals surface area contributed by atoms with E-state index in [0.29, 0.717) is 17.2 Å². The lowest BCUT2D eigenvalue weighted by molar-refractivity contribution is -0.136. The molecule has 0 spiro atoms. The van der Waals surface area contributed by atoms with Gasteiger partial charge in [-0.05, 0) is 42.5 Å². The molecule has 9 nitrogen and oxygen atoms in total. The molecule has 116 valence electrons. The Morgan fingerprint density at radius 2 is 2.14 bits per heavy atom. The summed E-state index contributed by atoms with van der Waals surface area (Å²) in [4.78, 5) is 23.3. The van der Waals surface area contributed by atoms with Crippen molar-refractivity contribution in [3.8, 4) is 5.69 Å². The Morgan fingerprint density at radius 1 is 1.36 bits per heavy atom. The highest BCUT2D eigenvalue weighted by molar-refractivity contribution is 6.39. The average molecular weight is 304 g/mol. The van der Waals surface area contributed by atoms with Gasteiger partial charge in [-0.15, -0.1) is 5.10 Å². The van der Waals surface area contributed by atoms with Gasteiger partial charge in [-0.25, -0.2) is 0 Å². The van der Waals surface area contributed by atoms with E-state index in [1.54, 1.807) is 31.2 Å². The largest absolute Gasteiger partial charge is 0.392 e. The number of benzene rings is 1. The Labute approximate surface area is 126 Å². The quantitative estimate of drug-likeness (QED) is 0.649. The summed E-state index contributed by atoms with van der Waals surface area (Å²) in [7, 11) is 0. The molecule has 1 heterocycles. The molecule has 0 aliphatic heterocycles. The standard InChI is InChI=1S/C13H16N6O3/c1-8(20)7-14-12(21)13(22)15-10-4-3-5-11(6-10)19-9(2)16-17-18-19/h3-6,8,20H,7H2,1-2H3,(H,14,21)(H,15,22)/t8-/m1/s1. The van der Waals surface area contributed by atoms with Crippen LogP contribution in [0.5, 0.6) is 0 Å². The van der Waals surface area contributed by atoms with E-state index in [1.807, 2.05) is 0 Å². The second-order valence-corrected chi connectivity index (χ2v) is 4.70. The van der Waals surface area contributed by atoms with Crippen molar-refractivity contribution in [2.24, 2.45) is 0 Å². The van der Waals surface area contributed by atoms with E-state index in [-0.39, 0.29) is 6.54 Å². The Kier molecular flexibility index (Phi) is 4.79. The van der Waals surface area contributed by atoms with Crippen LogP contribution in [0.3, 0.4) is 0 Å².